The Hall–Kier alpha value is -2.21. The number of para-hydroxylation sites is 1. The Morgan fingerprint density at radius 3 is 2.72 bits per heavy atom. The van der Waals surface area contributed by atoms with E-state index in [4.69, 9.17) is 5.73 Å². The first-order valence-corrected chi connectivity index (χ1v) is 6.11. The number of hydrogen-bond acceptors (Lipinski definition) is 6. The molecule has 2 N–H and O–H groups in total. The average Bonchev–Trinajstić information content (AvgIpc) is 2.39. The van der Waals surface area contributed by atoms with Gasteiger partial charge in [-0.1, -0.05) is 24.3 Å². The minimum Gasteiger partial charge on any atom is -0.368 e. The molecule has 0 aliphatic rings. The lowest BCUT2D eigenvalue weighted by atomic mass is 10.2. The normalized spacial score (nSPS) is 10.7. The van der Waals surface area contributed by atoms with Gasteiger partial charge in [-0.15, -0.1) is 0 Å². The molecule has 5 nitrogen and oxygen atoms in total. The van der Waals surface area contributed by atoms with Crippen LogP contribution in [0.25, 0.3) is 10.9 Å². The monoisotopic (exact) mass is 255 g/mol. The molecule has 0 aliphatic heterocycles. The van der Waals surface area contributed by atoms with E-state index in [2.05, 4.69) is 19.9 Å². The molecule has 1 aromatic carbocycles. The Kier molecular flexibility index (Phi) is 2.77. The van der Waals surface area contributed by atoms with Crippen LogP contribution >= 0.6 is 11.8 Å². The van der Waals surface area contributed by atoms with Crippen molar-refractivity contribution < 1.29 is 0 Å². The molecule has 0 radical (unpaired) electrons. The summed E-state index contributed by atoms with van der Waals surface area (Å²) in [6.45, 7) is 0. The van der Waals surface area contributed by atoms with Gasteiger partial charge in [0, 0.05) is 5.39 Å². The van der Waals surface area contributed by atoms with Crippen LogP contribution in [0.15, 0.2) is 52.9 Å². The quantitative estimate of drug-likeness (QED) is 0.756. The third-order valence-electron chi connectivity index (χ3n) is 2.34. The summed E-state index contributed by atoms with van der Waals surface area (Å²) in [5.74, 6) is 0.216. The summed E-state index contributed by atoms with van der Waals surface area (Å²) in [4.78, 5) is 16.3. The second-order valence-electron chi connectivity index (χ2n) is 3.57. The van der Waals surface area contributed by atoms with Crippen molar-refractivity contribution in [3.63, 3.8) is 0 Å². The van der Waals surface area contributed by atoms with E-state index in [1.807, 2.05) is 36.4 Å². The number of aromatic nitrogens is 4. The lowest BCUT2D eigenvalue weighted by molar-refractivity contribution is 0.913. The summed E-state index contributed by atoms with van der Waals surface area (Å²) in [5.41, 5.74) is 6.46. The van der Waals surface area contributed by atoms with Gasteiger partial charge in [-0.3, -0.25) is 0 Å². The van der Waals surface area contributed by atoms with Gasteiger partial charge in [-0.05, 0) is 23.9 Å². The van der Waals surface area contributed by atoms with Crippen LogP contribution in [0.4, 0.5) is 5.95 Å². The van der Waals surface area contributed by atoms with E-state index in [0.29, 0.717) is 5.16 Å². The maximum Gasteiger partial charge on any atom is 0.223 e. The van der Waals surface area contributed by atoms with Crippen molar-refractivity contribution in [3.8, 4) is 0 Å². The minimum absolute atomic E-state index is 0.216. The highest BCUT2D eigenvalue weighted by Gasteiger charge is 2.03. The smallest absolute Gasteiger partial charge is 0.223 e. The minimum atomic E-state index is 0.216. The fourth-order valence-corrected chi connectivity index (χ4v) is 2.25. The SMILES string of the molecule is Nc1ncnc(Sc2ccc3ccccc3n2)n1. The first-order valence-electron chi connectivity index (χ1n) is 5.29. The summed E-state index contributed by atoms with van der Waals surface area (Å²) >= 11 is 1.36. The van der Waals surface area contributed by atoms with Crippen molar-refractivity contribution in [2.75, 3.05) is 5.73 Å². The molecular weight excluding hydrogens is 246 g/mol. The largest absolute Gasteiger partial charge is 0.368 e. The molecule has 0 saturated heterocycles. The highest BCUT2D eigenvalue weighted by molar-refractivity contribution is 7.99. The number of nitrogens with two attached hydrogens (primary N) is 1. The van der Waals surface area contributed by atoms with Crippen LogP contribution in [0.5, 0.6) is 0 Å². The second kappa shape index (κ2) is 4.58. The van der Waals surface area contributed by atoms with Crippen LogP contribution in [0.3, 0.4) is 0 Å². The predicted octanol–water partition coefficient (Wildman–Crippen LogP) is 2.15. The van der Waals surface area contributed by atoms with Gasteiger partial charge < -0.3 is 5.73 Å². The highest BCUT2D eigenvalue weighted by atomic mass is 32.2. The van der Waals surface area contributed by atoms with Crippen LogP contribution in [-0.2, 0) is 0 Å². The standard InChI is InChI=1S/C12H9N5S/c13-11-14-7-15-12(17-11)18-10-6-5-8-3-1-2-4-9(8)16-10/h1-7H,(H2,13,14,15,17). The second-order valence-corrected chi connectivity index (χ2v) is 4.56. The number of anilines is 1. The summed E-state index contributed by atoms with van der Waals surface area (Å²) in [6.07, 6.45) is 1.39. The van der Waals surface area contributed by atoms with Gasteiger partial charge >= 0.3 is 0 Å². The molecule has 3 aromatic rings. The van der Waals surface area contributed by atoms with Gasteiger partial charge in [0.1, 0.15) is 11.4 Å². The van der Waals surface area contributed by atoms with E-state index in [9.17, 15) is 0 Å². The zero-order valence-electron chi connectivity index (χ0n) is 9.32. The third-order valence-corrected chi connectivity index (χ3v) is 3.15. The maximum absolute atomic E-state index is 5.51. The van der Waals surface area contributed by atoms with E-state index in [0.717, 1.165) is 15.9 Å². The van der Waals surface area contributed by atoms with Crippen LogP contribution in [0, 0.1) is 0 Å². The fourth-order valence-electron chi connectivity index (χ4n) is 1.54. The molecule has 0 atom stereocenters. The van der Waals surface area contributed by atoms with Gasteiger partial charge in [-0.25, -0.2) is 15.0 Å². The molecule has 0 amide bonds. The van der Waals surface area contributed by atoms with Crippen molar-refractivity contribution >= 4 is 28.6 Å². The fraction of sp³-hybridized carbons (Fsp3) is 0. The van der Waals surface area contributed by atoms with Crippen LogP contribution in [-0.4, -0.2) is 19.9 Å². The molecule has 0 aliphatic carbocycles. The molecule has 0 saturated carbocycles. The molecule has 3 rings (SSSR count). The van der Waals surface area contributed by atoms with Crippen molar-refractivity contribution in [1.29, 1.82) is 0 Å². The first-order chi connectivity index (χ1) is 8.81. The number of hydrogen-bond donors (Lipinski definition) is 1. The Morgan fingerprint density at radius 1 is 0.944 bits per heavy atom. The molecule has 0 fully saturated rings. The Labute approximate surface area is 108 Å². The van der Waals surface area contributed by atoms with Crippen molar-refractivity contribution in [2.24, 2.45) is 0 Å². The van der Waals surface area contributed by atoms with Gasteiger partial charge in [0.15, 0.2) is 5.16 Å². The molecule has 0 spiro atoms. The zero-order valence-corrected chi connectivity index (χ0v) is 10.1. The lowest BCUT2D eigenvalue weighted by Crippen LogP contribution is -1.97. The summed E-state index contributed by atoms with van der Waals surface area (Å²) in [7, 11) is 0. The zero-order chi connectivity index (χ0) is 12.4. The van der Waals surface area contributed by atoms with Gasteiger partial charge in [0.05, 0.1) is 5.52 Å². The lowest BCUT2D eigenvalue weighted by Gasteiger charge is -2.01. The highest BCUT2D eigenvalue weighted by Crippen LogP contribution is 2.24. The molecular formula is C12H9N5S. The van der Waals surface area contributed by atoms with Crippen molar-refractivity contribution in [1.82, 2.24) is 19.9 Å². The van der Waals surface area contributed by atoms with E-state index >= 15 is 0 Å². The summed E-state index contributed by atoms with van der Waals surface area (Å²) in [5, 5.41) is 2.49. The third kappa shape index (κ3) is 2.23. The van der Waals surface area contributed by atoms with Crippen molar-refractivity contribution in [3.05, 3.63) is 42.7 Å². The van der Waals surface area contributed by atoms with Crippen molar-refractivity contribution in [2.45, 2.75) is 10.2 Å². The summed E-state index contributed by atoms with van der Waals surface area (Å²) < 4.78 is 0. The van der Waals surface area contributed by atoms with Crippen LogP contribution in [0.1, 0.15) is 0 Å². The number of fused-ring (bicyclic) bond motifs is 1. The number of nitrogen functional groups attached to an aromatic ring is 1. The molecule has 2 heterocycles. The number of benzene rings is 1. The van der Waals surface area contributed by atoms with Crippen LogP contribution in [0.2, 0.25) is 0 Å². The average molecular weight is 255 g/mol. The maximum atomic E-state index is 5.51. The Bertz CT molecular complexity index is 701. The molecule has 18 heavy (non-hydrogen) atoms. The Balaban J connectivity index is 1.95. The van der Waals surface area contributed by atoms with Crippen LogP contribution < -0.4 is 5.73 Å². The Morgan fingerprint density at radius 2 is 1.83 bits per heavy atom. The van der Waals surface area contributed by atoms with E-state index in [-0.39, 0.29) is 5.95 Å². The molecule has 0 bridgehead atoms. The van der Waals surface area contributed by atoms with E-state index in [1.165, 1.54) is 18.1 Å². The van der Waals surface area contributed by atoms with Gasteiger partial charge in [0.2, 0.25) is 5.95 Å². The first kappa shape index (κ1) is 10.9. The predicted molar refractivity (Wildman–Crippen MR) is 70.1 cm³/mol. The topological polar surface area (TPSA) is 77.6 Å². The molecule has 0 unspecified atom stereocenters. The number of pyridine rings is 1. The molecule has 88 valence electrons. The number of nitrogens with zero attached hydrogens (tertiary/aromatic N) is 4. The summed E-state index contributed by atoms with van der Waals surface area (Å²) in [6, 6.07) is 11.9. The molecule has 2 aromatic heterocycles. The number of rotatable bonds is 2. The van der Waals surface area contributed by atoms with E-state index < -0.39 is 0 Å². The molecule has 6 heteroatoms. The van der Waals surface area contributed by atoms with Gasteiger partial charge in [-0.2, -0.15) is 4.98 Å². The van der Waals surface area contributed by atoms with E-state index in [1.54, 1.807) is 0 Å². The van der Waals surface area contributed by atoms with Gasteiger partial charge in [0.25, 0.3) is 0 Å².